The molecule has 3 rings (SSSR count). The largest absolute Gasteiger partial charge is 0.344 e. The van der Waals surface area contributed by atoms with Crippen molar-refractivity contribution >= 4 is 28.3 Å². The van der Waals surface area contributed by atoms with Gasteiger partial charge in [-0.15, -0.1) is 0 Å². The van der Waals surface area contributed by atoms with Crippen LogP contribution in [0.25, 0.3) is 22.2 Å². The number of aromatic nitrogens is 1. The molecule has 0 aliphatic rings. The first kappa shape index (κ1) is 16.0. The molecule has 1 N–H and O–H groups in total. The van der Waals surface area contributed by atoms with Crippen LogP contribution in [0.1, 0.15) is 18.9 Å². The number of carbonyl (C=O) groups is 2. The molecule has 1 aromatic heterocycles. The van der Waals surface area contributed by atoms with Crippen LogP contribution in [0.4, 0.5) is 5.69 Å². The molecule has 3 aromatic rings. The summed E-state index contributed by atoms with van der Waals surface area (Å²) < 4.78 is 2.12. The lowest BCUT2D eigenvalue weighted by molar-refractivity contribution is -0.124. The minimum Gasteiger partial charge on any atom is -0.344 e. The average Bonchev–Trinajstić information content (AvgIpc) is 2.84. The third-order valence-corrected chi connectivity index (χ3v) is 4.14. The van der Waals surface area contributed by atoms with Gasteiger partial charge in [0.15, 0.2) is 0 Å². The number of rotatable bonds is 4. The summed E-state index contributed by atoms with van der Waals surface area (Å²) in [5, 5.41) is 3.96. The maximum absolute atomic E-state index is 11.9. The summed E-state index contributed by atoms with van der Waals surface area (Å²) in [7, 11) is 2.02. The van der Waals surface area contributed by atoms with Crippen molar-refractivity contribution in [1.82, 2.24) is 4.57 Å². The number of nitrogens with zero attached hydrogens (tertiary/aromatic N) is 1. The van der Waals surface area contributed by atoms with E-state index in [0.717, 1.165) is 33.4 Å². The number of fused-ring (bicyclic) bond motifs is 1. The highest BCUT2D eigenvalue weighted by atomic mass is 16.2. The fraction of sp³-hybridized carbons (Fsp3) is 0.200. The SMILES string of the molecule is CC(=O)CC(=O)Nc1cc2c(cc1C)cc(-c1ccccc1)n2C. The number of aryl methyl sites for hydroxylation is 2. The lowest BCUT2D eigenvalue weighted by Gasteiger charge is -2.09. The van der Waals surface area contributed by atoms with Gasteiger partial charge in [0.25, 0.3) is 0 Å². The number of hydrogen-bond donors (Lipinski definition) is 1. The van der Waals surface area contributed by atoms with Gasteiger partial charge >= 0.3 is 0 Å². The van der Waals surface area contributed by atoms with Crippen molar-refractivity contribution in [2.75, 3.05) is 5.32 Å². The van der Waals surface area contributed by atoms with Crippen molar-refractivity contribution < 1.29 is 9.59 Å². The Morgan fingerprint density at radius 3 is 2.46 bits per heavy atom. The van der Waals surface area contributed by atoms with E-state index in [2.05, 4.69) is 34.1 Å². The number of amides is 1. The quantitative estimate of drug-likeness (QED) is 0.737. The van der Waals surface area contributed by atoms with Crippen LogP contribution in [0, 0.1) is 6.92 Å². The minimum absolute atomic E-state index is 0.0973. The topological polar surface area (TPSA) is 51.1 Å². The summed E-state index contributed by atoms with van der Waals surface area (Å²) in [6.45, 7) is 3.37. The summed E-state index contributed by atoms with van der Waals surface area (Å²) >= 11 is 0. The van der Waals surface area contributed by atoms with E-state index in [1.54, 1.807) is 0 Å². The van der Waals surface area contributed by atoms with Crippen LogP contribution in [-0.2, 0) is 16.6 Å². The Bertz CT molecular complexity index is 924. The predicted octanol–water partition coefficient (Wildman–Crippen LogP) is 4.07. The normalized spacial score (nSPS) is 10.8. The average molecular weight is 320 g/mol. The van der Waals surface area contributed by atoms with Gasteiger partial charge in [0.2, 0.25) is 5.91 Å². The summed E-state index contributed by atoms with van der Waals surface area (Å²) in [6, 6.07) is 16.4. The van der Waals surface area contributed by atoms with Gasteiger partial charge in [-0.25, -0.2) is 0 Å². The number of hydrogen-bond acceptors (Lipinski definition) is 2. The van der Waals surface area contributed by atoms with E-state index >= 15 is 0 Å². The van der Waals surface area contributed by atoms with Gasteiger partial charge in [-0.3, -0.25) is 9.59 Å². The fourth-order valence-corrected chi connectivity index (χ4v) is 2.94. The monoisotopic (exact) mass is 320 g/mol. The molecule has 0 spiro atoms. The van der Waals surface area contributed by atoms with Crippen LogP contribution in [-0.4, -0.2) is 16.3 Å². The van der Waals surface area contributed by atoms with Crippen LogP contribution >= 0.6 is 0 Å². The standard InChI is InChI=1S/C20H20N2O2/c1-13-9-16-11-18(15-7-5-4-6-8-15)22(3)19(16)12-17(13)21-20(24)10-14(2)23/h4-9,11-12H,10H2,1-3H3,(H,21,24). The molecule has 0 saturated carbocycles. The Balaban J connectivity index is 2.03. The Hall–Kier alpha value is -2.88. The molecule has 122 valence electrons. The van der Waals surface area contributed by atoms with Crippen molar-refractivity contribution in [2.45, 2.75) is 20.3 Å². The van der Waals surface area contributed by atoms with Gasteiger partial charge in [-0.2, -0.15) is 0 Å². The minimum atomic E-state index is -0.276. The van der Waals surface area contributed by atoms with Gasteiger partial charge in [-0.1, -0.05) is 30.3 Å². The number of nitrogens with one attached hydrogen (secondary N) is 1. The van der Waals surface area contributed by atoms with Gasteiger partial charge in [-0.05, 0) is 43.2 Å². The second-order valence-electron chi connectivity index (χ2n) is 6.11. The lowest BCUT2D eigenvalue weighted by atomic mass is 10.1. The molecule has 0 fully saturated rings. The molecule has 1 amide bonds. The first-order chi connectivity index (χ1) is 11.5. The maximum atomic E-state index is 11.9. The summed E-state index contributed by atoms with van der Waals surface area (Å²) in [6.07, 6.45) is -0.0973. The van der Waals surface area contributed by atoms with E-state index < -0.39 is 0 Å². The van der Waals surface area contributed by atoms with E-state index in [9.17, 15) is 9.59 Å². The zero-order valence-electron chi connectivity index (χ0n) is 14.1. The molecule has 0 atom stereocenters. The van der Waals surface area contributed by atoms with Gasteiger partial charge < -0.3 is 9.88 Å². The zero-order chi connectivity index (χ0) is 17.3. The number of ketones is 1. The van der Waals surface area contributed by atoms with E-state index in [1.807, 2.05) is 38.2 Å². The fourth-order valence-electron chi connectivity index (χ4n) is 2.94. The highest BCUT2D eigenvalue weighted by molar-refractivity contribution is 6.04. The van der Waals surface area contributed by atoms with Crippen LogP contribution in [0.5, 0.6) is 0 Å². The Labute approximate surface area is 141 Å². The molecule has 0 bridgehead atoms. The van der Waals surface area contributed by atoms with Gasteiger partial charge in [0, 0.05) is 23.8 Å². The highest BCUT2D eigenvalue weighted by Gasteiger charge is 2.12. The molecule has 0 radical (unpaired) electrons. The lowest BCUT2D eigenvalue weighted by Crippen LogP contribution is -2.15. The first-order valence-corrected chi connectivity index (χ1v) is 7.90. The molecule has 4 heteroatoms. The molecule has 1 heterocycles. The molecule has 4 nitrogen and oxygen atoms in total. The number of Topliss-reactive ketones (excluding diaryl/α,β-unsaturated/α-hetero) is 1. The third-order valence-electron chi connectivity index (χ3n) is 4.14. The van der Waals surface area contributed by atoms with Crippen molar-refractivity contribution in [2.24, 2.45) is 7.05 Å². The second kappa shape index (κ2) is 6.32. The zero-order valence-corrected chi connectivity index (χ0v) is 14.1. The van der Waals surface area contributed by atoms with Crippen molar-refractivity contribution in [3.63, 3.8) is 0 Å². The molecule has 0 aliphatic heterocycles. The van der Waals surface area contributed by atoms with Crippen LogP contribution in [0.3, 0.4) is 0 Å². The van der Waals surface area contributed by atoms with Gasteiger partial charge in [0.1, 0.15) is 5.78 Å². The summed E-state index contributed by atoms with van der Waals surface area (Å²) in [5.41, 5.74) is 5.03. The Morgan fingerprint density at radius 2 is 1.79 bits per heavy atom. The van der Waals surface area contributed by atoms with Crippen molar-refractivity contribution in [3.8, 4) is 11.3 Å². The molecule has 0 aliphatic carbocycles. The molecule has 24 heavy (non-hydrogen) atoms. The number of carbonyl (C=O) groups excluding carboxylic acids is 2. The first-order valence-electron chi connectivity index (χ1n) is 7.90. The third kappa shape index (κ3) is 3.08. The smallest absolute Gasteiger partial charge is 0.231 e. The van der Waals surface area contributed by atoms with Crippen LogP contribution in [0.2, 0.25) is 0 Å². The van der Waals surface area contributed by atoms with E-state index in [0.29, 0.717) is 0 Å². The maximum Gasteiger partial charge on any atom is 0.231 e. The highest BCUT2D eigenvalue weighted by Crippen LogP contribution is 2.30. The van der Waals surface area contributed by atoms with E-state index in [4.69, 9.17) is 0 Å². The molecular weight excluding hydrogens is 300 g/mol. The molecular formula is C20H20N2O2. The summed E-state index contributed by atoms with van der Waals surface area (Å²) in [4.78, 5) is 23.0. The van der Waals surface area contributed by atoms with Gasteiger partial charge in [0.05, 0.1) is 11.9 Å². The van der Waals surface area contributed by atoms with E-state index in [1.165, 1.54) is 6.92 Å². The number of anilines is 1. The van der Waals surface area contributed by atoms with Crippen molar-refractivity contribution in [3.05, 3.63) is 54.1 Å². The molecule has 0 unspecified atom stereocenters. The number of benzene rings is 2. The molecule has 0 saturated heterocycles. The van der Waals surface area contributed by atoms with Crippen LogP contribution in [0.15, 0.2) is 48.5 Å². The second-order valence-corrected chi connectivity index (χ2v) is 6.11. The Kier molecular flexibility index (Phi) is 4.21. The van der Waals surface area contributed by atoms with Crippen molar-refractivity contribution in [1.29, 1.82) is 0 Å². The summed E-state index contributed by atoms with van der Waals surface area (Å²) in [5.74, 6) is -0.418. The predicted molar refractivity (Wildman–Crippen MR) is 97.0 cm³/mol. The Morgan fingerprint density at radius 1 is 1.08 bits per heavy atom. The van der Waals surface area contributed by atoms with E-state index in [-0.39, 0.29) is 18.1 Å². The van der Waals surface area contributed by atoms with Crippen LogP contribution < -0.4 is 5.32 Å². The molecule has 2 aromatic carbocycles.